The summed E-state index contributed by atoms with van der Waals surface area (Å²) >= 11 is 0. The fourth-order valence-corrected chi connectivity index (χ4v) is 4.63. The topological polar surface area (TPSA) is 179 Å². The first-order valence-electron chi connectivity index (χ1n) is 12.0. The molecule has 0 unspecified atom stereocenters. The Morgan fingerprint density at radius 3 is 1.75 bits per heavy atom. The molecule has 40 heavy (non-hydrogen) atoms. The van der Waals surface area contributed by atoms with Gasteiger partial charge in [-0.1, -0.05) is 0 Å². The maximum atomic E-state index is 13.1. The average molecular weight is 544 g/mol. The van der Waals surface area contributed by atoms with Crippen LogP contribution in [0.3, 0.4) is 0 Å². The predicted octanol–water partition coefficient (Wildman–Crippen LogP) is 5.88. The maximum Gasteiger partial charge on any atom is 0.312 e. The molecule has 0 spiro atoms. The number of H-pyrrole nitrogens is 2. The van der Waals surface area contributed by atoms with Gasteiger partial charge in [0.25, 0.3) is 5.91 Å². The van der Waals surface area contributed by atoms with Gasteiger partial charge in [-0.05, 0) is 55.8 Å². The molecule has 0 radical (unpaired) electrons. The highest BCUT2D eigenvalue weighted by molar-refractivity contribution is 6.04. The van der Waals surface area contributed by atoms with Crippen LogP contribution in [0.4, 0.5) is 11.4 Å². The van der Waals surface area contributed by atoms with E-state index in [2.05, 4.69) is 30.4 Å². The van der Waals surface area contributed by atoms with Gasteiger partial charge in [0.1, 0.15) is 17.2 Å². The summed E-state index contributed by atoms with van der Waals surface area (Å²) < 4.78 is 12.0. The summed E-state index contributed by atoms with van der Waals surface area (Å²) in [5.74, 6) is -0.858. The molecular weight excluding hydrogens is 518 g/mol. The Morgan fingerprint density at radius 1 is 0.800 bits per heavy atom. The minimum atomic E-state index is -0.725. The number of ether oxygens (including phenoxy) is 2. The Labute approximate surface area is 226 Å². The van der Waals surface area contributed by atoms with Gasteiger partial charge in [-0.15, -0.1) is 20.5 Å². The molecule has 0 saturated carbocycles. The molecule has 0 fully saturated rings. The lowest BCUT2D eigenvalue weighted by atomic mass is 10.1. The number of hydrogen-bond donors (Lipinski definition) is 4. The molecule has 0 aliphatic heterocycles. The smallest absolute Gasteiger partial charge is 0.312 e. The molecule has 4 N–H and O–H groups in total. The summed E-state index contributed by atoms with van der Waals surface area (Å²) in [7, 11) is 4.64. The largest absolute Gasteiger partial charge is 0.497 e. The number of aromatic hydroxyl groups is 2. The fourth-order valence-electron chi connectivity index (χ4n) is 4.63. The molecule has 0 aliphatic rings. The maximum absolute atomic E-state index is 13.1. The highest BCUT2D eigenvalue weighted by Gasteiger charge is 2.25. The summed E-state index contributed by atoms with van der Waals surface area (Å²) in [6, 6.07) is 10.2. The molecule has 3 heterocycles. The van der Waals surface area contributed by atoms with E-state index in [1.165, 1.54) is 18.8 Å². The molecule has 13 nitrogen and oxygen atoms in total. The molecule has 13 heteroatoms. The van der Waals surface area contributed by atoms with Crippen LogP contribution in [0.2, 0.25) is 0 Å². The quantitative estimate of drug-likeness (QED) is 0.194. The zero-order valence-corrected chi connectivity index (χ0v) is 22.2. The van der Waals surface area contributed by atoms with E-state index < -0.39 is 11.8 Å². The van der Waals surface area contributed by atoms with E-state index in [4.69, 9.17) is 9.47 Å². The number of hydrogen-bond acceptors (Lipinski definition) is 8. The van der Waals surface area contributed by atoms with E-state index in [9.17, 15) is 19.8 Å². The van der Waals surface area contributed by atoms with Crippen LogP contribution in [0.5, 0.6) is 23.3 Å². The summed E-state index contributed by atoms with van der Waals surface area (Å²) in [4.78, 5) is 31.8. The van der Waals surface area contributed by atoms with Crippen molar-refractivity contribution in [2.24, 2.45) is 27.5 Å². The van der Waals surface area contributed by atoms with Crippen molar-refractivity contribution in [2.75, 3.05) is 14.2 Å². The Bertz CT molecular complexity index is 1740. The Balaban J connectivity index is 1.46. The van der Waals surface area contributed by atoms with Crippen LogP contribution in [0, 0.1) is 13.8 Å². The highest BCUT2D eigenvalue weighted by atomic mass is 16.5. The van der Waals surface area contributed by atoms with Gasteiger partial charge in [0.15, 0.2) is 11.4 Å². The standard InChI is InChI=1S/C27H25N7O6/c1-12-20(24(35)32-30-21-16-10-14(39-4)6-8-18(16)28-25(21)36)13(2)34(3)23(12)27(38)33-31-22-17-11-15(40-5)7-9-19(17)29-26(22)37/h6-11,28-29,36-37H,1-5H3. The first-order valence-corrected chi connectivity index (χ1v) is 12.0. The third-order valence-electron chi connectivity index (χ3n) is 6.75. The van der Waals surface area contributed by atoms with Gasteiger partial charge in [0.2, 0.25) is 11.8 Å². The zero-order chi connectivity index (χ0) is 28.7. The number of carbonyl (C=O) groups is 2. The van der Waals surface area contributed by atoms with Crippen molar-refractivity contribution in [1.82, 2.24) is 14.5 Å². The van der Waals surface area contributed by atoms with Crippen LogP contribution < -0.4 is 9.47 Å². The first-order chi connectivity index (χ1) is 19.1. The van der Waals surface area contributed by atoms with Crippen LogP contribution in [0.25, 0.3) is 21.8 Å². The molecule has 0 atom stereocenters. The molecule has 0 saturated heterocycles. The van der Waals surface area contributed by atoms with Crippen molar-refractivity contribution in [3.63, 3.8) is 0 Å². The molecule has 5 rings (SSSR count). The van der Waals surface area contributed by atoms with Gasteiger partial charge in [-0.25, -0.2) is 0 Å². The minimum absolute atomic E-state index is 0.0751. The molecular formula is C27H25N7O6. The van der Waals surface area contributed by atoms with Crippen molar-refractivity contribution in [1.29, 1.82) is 0 Å². The van der Waals surface area contributed by atoms with Crippen LogP contribution in [-0.4, -0.2) is 50.8 Å². The van der Waals surface area contributed by atoms with Crippen molar-refractivity contribution >= 4 is 45.0 Å². The summed E-state index contributed by atoms with van der Waals surface area (Å²) in [5, 5.41) is 37.3. The van der Waals surface area contributed by atoms with Gasteiger partial charge in [-0.2, -0.15) is 0 Å². The van der Waals surface area contributed by atoms with E-state index in [1.54, 1.807) is 57.3 Å². The first kappa shape index (κ1) is 26.2. The third kappa shape index (κ3) is 4.32. The van der Waals surface area contributed by atoms with Crippen LogP contribution in [0.15, 0.2) is 56.9 Å². The molecule has 0 aliphatic carbocycles. The zero-order valence-electron chi connectivity index (χ0n) is 22.2. The Kier molecular flexibility index (Phi) is 6.55. The lowest BCUT2D eigenvalue weighted by Crippen LogP contribution is -2.05. The number of fused-ring (bicyclic) bond motifs is 2. The van der Waals surface area contributed by atoms with Crippen molar-refractivity contribution in [2.45, 2.75) is 13.8 Å². The lowest BCUT2D eigenvalue weighted by molar-refractivity contribution is 0.0984. The number of aromatic nitrogens is 3. The van der Waals surface area contributed by atoms with Crippen LogP contribution in [0.1, 0.15) is 32.1 Å². The van der Waals surface area contributed by atoms with Crippen molar-refractivity contribution < 1.29 is 29.3 Å². The van der Waals surface area contributed by atoms with Gasteiger partial charge in [0.05, 0.1) is 30.8 Å². The molecule has 2 aromatic carbocycles. The number of amides is 2. The van der Waals surface area contributed by atoms with Crippen LogP contribution >= 0.6 is 0 Å². The van der Waals surface area contributed by atoms with E-state index in [0.29, 0.717) is 44.6 Å². The number of methoxy groups -OCH3 is 2. The fraction of sp³-hybridized carbons (Fsp3) is 0.185. The number of nitrogens with zero attached hydrogens (tertiary/aromatic N) is 5. The Hall–Kier alpha value is -5.46. The minimum Gasteiger partial charge on any atom is -0.497 e. The highest BCUT2D eigenvalue weighted by Crippen LogP contribution is 2.39. The molecule has 2 amide bonds. The van der Waals surface area contributed by atoms with E-state index in [-0.39, 0.29) is 34.4 Å². The number of aromatic amines is 2. The summed E-state index contributed by atoms with van der Waals surface area (Å²) in [6.45, 7) is 3.26. The lowest BCUT2D eigenvalue weighted by Gasteiger charge is -2.01. The number of azo groups is 2. The van der Waals surface area contributed by atoms with E-state index in [1.807, 2.05) is 0 Å². The monoisotopic (exact) mass is 543 g/mol. The van der Waals surface area contributed by atoms with Crippen molar-refractivity contribution in [3.05, 3.63) is 58.9 Å². The second-order valence-electron chi connectivity index (χ2n) is 8.97. The van der Waals surface area contributed by atoms with Gasteiger partial charge < -0.3 is 34.2 Å². The number of carbonyl (C=O) groups excluding carboxylic acids is 2. The SMILES string of the molecule is COc1ccc2[nH]c(O)c(N=NC(=O)c3c(C)c(C(=O)N=Nc4c(O)[nH]c5ccc(OC)cc45)n(C)c3C)c2c1. The second-order valence-corrected chi connectivity index (χ2v) is 8.97. The molecule has 5 aromatic rings. The van der Waals surface area contributed by atoms with Gasteiger partial charge >= 0.3 is 5.91 Å². The number of rotatable bonds is 6. The van der Waals surface area contributed by atoms with E-state index in [0.717, 1.165) is 0 Å². The summed E-state index contributed by atoms with van der Waals surface area (Å²) in [5.41, 5.74) is 2.41. The van der Waals surface area contributed by atoms with Crippen LogP contribution in [-0.2, 0) is 7.05 Å². The third-order valence-corrected chi connectivity index (χ3v) is 6.75. The molecule has 3 aromatic heterocycles. The second kappa shape index (κ2) is 10.0. The van der Waals surface area contributed by atoms with Gasteiger partial charge in [-0.3, -0.25) is 9.59 Å². The average Bonchev–Trinajstić information content (AvgIpc) is 3.51. The number of nitrogens with one attached hydrogen (secondary N) is 2. The molecule has 204 valence electrons. The summed E-state index contributed by atoms with van der Waals surface area (Å²) in [6.07, 6.45) is 0. The molecule has 0 bridgehead atoms. The normalized spacial score (nSPS) is 11.8. The number of benzene rings is 2. The van der Waals surface area contributed by atoms with Gasteiger partial charge in [0, 0.05) is 23.5 Å². The predicted molar refractivity (Wildman–Crippen MR) is 146 cm³/mol. The van der Waals surface area contributed by atoms with Crippen molar-refractivity contribution in [3.8, 4) is 23.3 Å². The Morgan fingerprint density at radius 2 is 1.27 bits per heavy atom. The van der Waals surface area contributed by atoms with E-state index >= 15 is 0 Å².